The number of urea groups is 1. The predicted octanol–water partition coefficient (Wildman–Crippen LogP) is 1.25. The lowest BCUT2D eigenvalue weighted by Gasteiger charge is -2.30. The number of carbonyl (C=O) groups excluding carboxylic acids is 1. The molecule has 1 heterocycles. The van der Waals surface area contributed by atoms with Crippen LogP contribution in [0.3, 0.4) is 0 Å². The van der Waals surface area contributed by atoms with Crippen molar-refractivity contribution < 1.29 is 14.7 Å². The van der Waals surface area contributed by atoms with E-state index in [4.69, 9.17) is 11.5 Å². The summed E-state index contributed by atoms with van der Waals surface area (Å²) in [5, 5.41) is 9.04. The molecule has 1 fully saturated rings. The first-order chi connectivity index (χ1) is 8.52. The Labute approximate surface area is 108 Å². The zero-order valence-corrected chi connectivity index (χ0v) is 10.9. The summed E-state index contributed by atoms with van der Waals surface area (Å²) in [6, 6.07) is -0.418. The Morgan fingerprint density at radius 2 is 2.22 bits per heavy atom. The van der Waals surface area contributed by atoms with Crippen molar-refractivity contribution in [2.24, 2.45) is 5.92 Å². The van der Waals surface area contributed by atoms with Gasteiger partial charge < -0.3 is 14.9 Å². The highest BCUT2D eigenvalue weighted by molar-refractivity contribution is 5.78. The molecular weight excluding hydrogens is 232 g/mol. The maximum absolute atomic E-state index is 12.3. The molecule has 1 aliphatic heterocycles. The minimum Gasteiger partial charge on any atom is -0.481 e. The number of hydrogen-bond donors (Lipinski definition) is 1. The summed E-state index contributed by atoms with van der Waals surface area (Å²) in [5.41, 5.74) is 0. The van der Waals surface area contributed by atoms with Crippen LogP contribution in [0, 0.1) is 18.3 Å². The highest BCUT2D eigenvalue weighted by atomic mass is 16.4. The van der Waals surface area contributed by atoms with Crippen LogP contribution in [0.4, 0.5) is 4.79 Å². The number of amides is 2. The van der Waals surface area contributed by atoms with Gasteiger partial charge in [0.15, 0.2) is 0 Å². The van der Waals surface area contributed by atoms with Crippen LogP contribution in [0.2, 0.25) is 0 Å². The van der Waals surface area contributed by atoms with E-state index in [9.17, 15) is 9.59 Å². The molecule has 2 amide bonds. The second kappa shape index (κ2) is 6.29. The Morgan fingerprint density at radius 1 is 1.56 bits per heavy atom. The van der Waals surface area contributed by atoms with Gasteiger partial charge >= 0.3 is 12.0 Å². The number of aliphatic carboxylic acids is 1. The molecular formula is C13H20N2O3. The number of terminal acetylenes is 1. The number of rotatable bonds is 4. The van der Waals surface area contributed by atoms with E-state index in [0.29, 0.717) is 19.5 Å². The molecule has 100 valence electrons. The third kappa shape index (κ3) is 2.95. The summed E-state index contributed by atoms with van der Waals surface area (Å²) in [6.45, 7) is 5.12. The van der Waals surface area contributed by atoms with Crippen molar-refractivity contribution in [3.63, 3.8) is 0 Å². The minimum absolute atomic E-state index is 0.147. The molecule has 5 heteroatoms. The Bertz CT molecular complexity index is 362. The molecule has 1 N–H and O–H groups in total. The summed E-state index contributed by atoms with van der Waals surface area (Å²) in [5.74, 6) is 1.16. The first-order valence-corrected chi connectivity index (χ1v) is 6.24. The number of carboxylic acids is 1. The van der Waals surface area contributed by atoms with Crippen molar-refractivity contribution in [1.29, 1.82) is 0 Å². The van der Waals surface area contributed by atoms with Gasteiger partial charge in [-0.2, -0.15) is 0 Å². The van der Waals surface area contributed by atoms with Gasteiger partial charge in [0.05, 0.1) is 12.5 Å². The topological polar surface area (TPSA) is 60.9 Å². The molecule has 0 radical (unpaired) electrons. The third-order valence-corrected chi connectivity index (χ3v) is 3.36. The first kappa shape index (κ1) is 14.4. The number of nitrogens with zero attached hydrogens (tertiary/aromatic N) is 2. The van der Waals surface area contributed by atoms with Crippen molar-refractivity contribution >= 4 is 12.0 Å². The molecule has 1 aliphatic rings. The van der Waals surface area contributed by atoms with Gasteiger partial charge in [-0.3, -0.25) is 4.79 Å². The highest BCUT2D eigenvalue weighted by Crippen LogP contribution is 2.25. The largest absolute Gasteiger partial charge is 0.481 e. The van der Waals surface area contributed by atoms with Gasteiger partial charge in [0, 0.05) is 19.1 Å². The smallest absolute Gasteiger partial charge is 0.321 e. The van der Waals surface area contributed by atoms with E-state index in [0.717, 1.165) is 6.42 Å². The van der Waals surface area contributed by atoms with Crippen LogP contribution in [0.15, 0.2) is 0 Å². The van der Waals surface area contributed by atoms with Crippen LogP contribution in [-0.4, -0.2) is 52.6 Å². The SMILES string of the molecule is C#CCN(CCC)C(=O)N1CCC(C(=O)O)C1C. The van der Waals surface area contributed by atoms with Crippen LogP contribution in [0.25, 0.3) is 0 Å². The van der Waals surface area contributed by atoms with E-state index >= 15 is 0 Å². The van der Waals surface area contributed by atoms with E-state index in [-0.39, 0.29) is 18.6 Å². The lowest BCUT2D eigenvalue weighted by molar-refractivity contribution is -0.142. The third-order valence-electron chi connectivity index (χ3n) is 3.36. The molecule has 0 spiro atoms. The van der Waals surface area contributed by atoms with Crippen molar-refractivity contribution in [3.8, 4) is 12.3 Å². The van der Waals surface area contributed by atoms with Crippen molar-refractivity contribution in [3.05, 3.63) is 0 Å². The zero-order valence-electron chi connectivity index (χ0n) is 10.9. The Balaban J connectivity index is 2.72. The monoisotopic (exact) mass is 252 g/mol. The molecule has 2 unspecified atom stereocenters. The summed E-state index contributed by atoms with van der Waals surface area (Å²) >= 11 is 0. The molecule has 0 aromatic carbocycles. The van der Waals surface area contributed by atoms with Crippen molar-refractivity contribution in [2.45, 2.75) is 32.7 Å². The van der Waals surface area contributed by atoms with E-state index < -0.39 is 11.9 Å². The fraction of sp³-hybridized carbons (Fsp3) is 0.692. The molecule has 18 heavy (non-hydrogen) atoms. The molecule has 1 rings (SSSR count). The van der Waals surface area contributed by atoms with Gasteiger partial charge in [-0.25, -0.2) is 4.79 Å². The van der Waals surface area contributed by atoms with E-state index in [1.807, 2.05) is 6.92 Å². The van der Waals surface area contributed by atoms with Crippen LogP contribution in [-0.2, 0) is 4.79 Å². The quantitative estimate of drug-likeness (QED) is 0.766. The molecule has 0 aromatic rings. The second-order valence-electron chi connectivity index (χ2n) is 4.58. The average Bonchev–Trinajstić information content (AvgIpc) is 2.70. The summed E-state index contributed by atoms with van der Waals surface area (Å²) in [6.07, 6.45) is 6.59. The number of carbonyl (C=O) groups is 2. The van der Waals surface area contributed by atoms with Gasteiger partial charge in [0.2, 0.25) is 0 Å². The van der Waals surface area contributed by atoms with Crippen molar-refractivity contribution in [1.82, 2.24) is 9.80 Å². The fourth-order valence-corrected chi connectivity index (χ4v) is 2.34. The van der Waals surface area contributed by atoms with Crippen LogP contribution < -0.4 is 0 Å². The normalized spacial score (nSPS) is 22.6. The molecule has 0 aromatic heterocycles. The van der Waals surface area contributed by atoms with E-state index in [1.165, 1.54) is 0 Å². The van der Waals surface area contributed by atoms with E-state index in [2.05, 4.69) is 5.92 Å². The molecule has 0 bridgehead atoms. The zero-order chi connectivity index (χ0) is 13.7. The lowest BCUT2D eigenvalue weighted by atomic mass is 10.0. The average molecular weight is 252 g/mol. The second-order valence-corrected chi connectivity index (χ2v) is 4.58. The predicted molar refractivity (Wildman–Crippen MR) is 68.0 cm³/mol. The first-order valence-electron chi connectivity index (χ1n) is 6.24. The lowest BCUT2D eigenvalue weighted by Crippen LogP contribution is -2.46. The Hall–Kier alpha value is -1.70. The number of carboxylic acid groups (broad SMARTS) is 1. The Morgan fingerprint density at radius 3 is 2.67 bits per heavy atom. The maximum Gasteiger partial charge on any atom is 0.321 e. The van der Waals surface area contributed by atoms with Gasteiger partial charge in [0.25, 0.3) is 0 Å². The minimum atomic E-state index is -0.836. The standard InChI is InChI=1S/C13H20N2O3/c1-4-7-14(8-5-2)13(18)15-9-6-11(10(15)3)12(16)17/h1,10-11H,5-9H2,2-3H3,(H,16,17). The van der Waals surface area contributed by atoms with Crippen LogP contribution in [0.5, 0.6) is 0 Å². The van der Waals surface area contributed by atoms with Crippen LogP contribution in [0.1, 0.15) is 26.7 Å². The highest BCUT2D eigenvalue weighted by Gasteiger charge is 2.39. The summed E-state index contributed by atoms with van der Waals surface area (Å²) < 4.78 is 0. The van der Waals surface area contributed by atoms with Crippen LogP contribution >= 0.6 is 0 Å². The fourth-order valence-electron chi connectivity index (χ4n) is 2.34. The molecule has 0 aliphatic carbocycles. The van der Waals surface area contributed by atoms with Gasteiger partial charge in [-0.1, -0.05) is 12.8 Å². The molecule has 1 saturated heterocycles. The number of hydrogen-bond acceptors (Lipinski definition) is 2. The molecule has 2 atom stereocenters. The summed E-state index contributed by atoms with van der Waals surface area (Å²) in [4.78, 5) is 26.5. The Kier molecular flexibility index (Phi) is 5.02. The molecule has 5 nitrogen and oxygen atoms in total. The molecule has 0 saturated carbocycles. The number of likely N-dealkylation sites (tertiary alicyclic amines) is 1. The van der Waals surface area contributed by atoms with Gasteiger partial charge in [-0.05, 0) is 19.8 Å². The van der Waals surface area contributed by atoms with Gasteiger partial charge in [-0.15, -0.1) is 6.42 Å². The maximum atomic E-state index is 12.3. The van der Waals surface area contributed by atoms with Crippen molar-refractivity contribution in [2.75, 3.05) is 19.6 Å². The van der Waals surface area contributed by atoms with E-state index in [1.54, 1.807) is 16.7 Å². The van der Waals surface area contributed by atoms with Gasteiger partial charge in [0.1, 0.15) is 0 Å². The summed E-state index contributed by atoms with van der Waals surface area (Å²) in [7, 11) is 0.